The predicted molar refractivity (Wildman–Crippen MR) is 67.0 cm³/mol. The van der Waals surface area contributed by atoms with E-state index in [4.69, 9.17) is 9.90 Å². The molecule has 2 heterocycles. The van der Waals surface area contributed by atoms with E-state index in [1.807, 2.05) is 22.9 Å². The Bertz CT molecular complexity index is 558. The van der Waals surface area contributed by atoms with Crippen LogP contribution >= 0.6 is 15.9 Å². The van der Waals surface area contributed by atoms with Crippen LogP contribution in [-0.4, -0.2) is 31.8 Å². The molecule has 0 aliphatic rings. The van der Waals surface area contributed by atoms with Gasteiger partial charge in [-0.2, -0.15) is 13.2 Å². The Balaban J connectivity index is 0.000000246. The van der Waals surface area contributed by atoms with Gasteiger partial charge in [-0.15, -0.1) is 0 Å². The summed E-state index contributed by atoms with van der Waals surface area (Å²) in [6.45, 7) is 0.751. The molecule has 9 heteroatoms. The lowest BCUT2D eigenvalue weighted by molar-refractivity contribution is -0.192. The Morgan fingerprint density at radius 3 is 2.50 bits per heavy atom. The number of imidazole rings is 1. The van der Waals surface area contributed by atoms with E-state index in [-0.39, 0.29) is 0 Å². The van der Waals surface area contributed by atoms with Gasteiger partial charge in [-0.25, -0.2) is 9.78 Å². The van der Waals surface area contributed by atoms with Gasteiger partial charge in [-0.3, -0.25) is 4.98 Å². The number of rotatable bonds is 2. The highest BCUT2D eigenvalue weighted by Crippen LogP contribution is 2.14. The number of carboxylic acid groups (broad SMARTS) is 1. The third kappa shape index (κ3) is 5.39. The molecule has 0 fully saturated rings. The molecule has 108 valence electrons. The van der Waals surface area contributed by atoms with Crippen LogP contribution in [0.1, 0.15) is 5.69 Å². The Morgan fingerprint density at radius 2 is 2.05 bits per heavy atom. The lowest BCUT2D eigenvalue weighted by Gasteiger charge is -2.02. The first kappa shape index (κ1) is 16.2. The number of carbonyl (C=O) groups is 1. The van der Waals surface area contributed by atoms with Crippen LogP contribution in [0, 0.1) is 0 Å². The largest absolute Gasteiger partial charge is 0.490 e. The third-order valence-electron chi connectivity index (χ3n) is 1.97. The van der Waals surface area contributed by atoms with Gasteiger partial charge in [-0.05, 0) is 28.1 Å². The van der Waals surface area contributed by atoms with E-state index in [1.54, 1.807) is 18.7 Å². The summed E-state index contributed by atoms with van der Waals surface area (Å²) in [4.78, 5) is 17.1. The van der Waals surface area contributed by atoms with Crippen LogP contribution in [0.25, 0.3) is 0 Å². The average Bonchev–Trinajstić information content (AvgIpc) is 2.84. The van der Waals surface area contributed by atoms with E-state index in [9.17, 15) is 13.2 Å². The van der Waals surface area contributed by atoms with Gasteiger partial charge in [0.1, 0.15) is 0 Å². The summed E-state index contributed by atoms with van der Waals surface area (Å²) in [7, 11) is 0. The van der Waals surface area contributed by atoms with E-state index in [1.165, 1.54) is 0 Å². The van der Waals surface area contributed by atoms with Crippen LogP contribution in [0.15, 0.2) is 41.5 Å². The van der Waals surface area contributed by atoms with Gasteiger partial charge in [-0.1, -0.05) is 0 Å². The first-order valence-electron chi connectivity index (χ1n) is 5.16. The van der Waals surface area contributed by atoms with Crippen LogP contribution < -0.4 is 0 Å². The molecule has 2 rings (SSSR count). The summed E-state index contributed by atoms with van der Waals surface area (Å²) in [5.41, 5.74) is 1.01. The molecule has 0 amide bonds. The molecule has 2 aromatic rings. The quantitative estimate of drug-likeness (QED) is 0.903. The summed E-state index contributed by atoms with van der Waals surface area (Å²) in [5, 5.41) is 7.12. The number of aliphatic carboxylic acids is 1. The predicted octanol–water partition coefficient (Wildman–Crippen LogP) is 2.72. The van der Waals surface area contributed by atoms with Crippen molar-refractivity contribution in [2.24, 2.45) is 0 Å². The lowest BCUT2D eigenvalue weighted by Crippen LogP contribution is -2.21. The van der Waals surface area contributed by atoms with Gasteiger partial charge >= 0.3 is 12.1 Å². The molecule has 0 saturated heterocycles. The summed E-state index contributed by atoms with van der Waals surface area (Å²) in [6.07, 6.45) is 2.16. The van der Waals surface area contributed by atoms with E-state index in [2.05, 4.69) is 25.9 Å². The van der Waals surface area contributed by atoms with Gasteiger partial charge in [0.2, 0.25) is 0 Å². The molecular weight excluding hydrogens is 343 g/mol. The van der Waals surface area contributed by atoms with E-state index < -0.39 is 12.1 Å². The molecule has 0 spiro atoms. The fraction of sp³-hybridized carbons (Fsp3) is 0.182. The van der Waals surface area contributed by atoms with Crippen molar-refractivity contribution >= 4 is 21.9 Å². The van der Waals surface area contributed by atoms with Crippen LogP contribution in [0.5, 0.6) is 0 Å². The first-order valence-corrected chi connectivity index (χ1v) is 5.95. The van der Waals surface area contributed by atoms with Crippen molar-refractivity contribution in [2.45, 2.75) is 12.7 Å². The second kappa shape index (κ2) is 7.04. The molecule has 0 aliphatic heterocycles. The van der Waals surface area contributed by atoms with Crippen molar-refractivity contribution in [1.29, 1.82) is 0 Å². The number of hydrogen-bond donors (Lipinski definition) is 1. The minimum Gasteiger partial charge on any atom is -0.475 e. The average molecular weight is 352 g/mol. The summed E-state index contributed by atoms with van der Waals surface area (Å²) in [5.74, 6) is -2.76. The van der Waals surface area contributed by atoms with Crippen LogP contribution in [-0.2, 0) is 11.3 Å². The second-order valence-electron chi connectivity index (χ2n) is 3.47. The zero-order valence-electron chi connectivity index (χ0n) is 9.88. The molecule has 5 nitrogen and oxygen atoms in total. The van der Waals surface area contributed by atoms with E-state index in [0.29, 0.717) is 0 Å². The van der Waals surface area contributed by atoms with Gasteiger partial charge in [0, 0.05) is 23.1 Å². The topological polar surface area (TPSA) is 68.0 Å². The van der Waals surface area contributed by atoms with Gasteiger partial charge in [0.25, 0.3) is 0 Å². The van der Waals surface area contributed by atoms with Gasteiger partial charge in [0.15, 0.2) is 0 Å². The fourth-order valence-corrected chi connectivity index (χ4v) is 1.47. The number of nitrogens with zero attached hydrogens (tertiary/aromatic N) is 3. The molecule has 0 atom stereocenters. The fourth-order valence-electron chi connectivity index (χ4n) is 1.09. The SMILES string of the molecule is Brc1cccnc1Cn1ccnc1.O=C(O)C(F)(F)F. The first-order chi connectivity index (χ1) is 9.30. The van der Waals surface area contributed by atoms with Crippen molar-refractivity contribution in [3.05, 3.63) is 47.2 Å². The summed E-state index contributed by atoms with van der Waals surface area (Å²) >= 11 is 3.45. The molecule has 0 radical (unpaired) electrons. The number of hydrogen-bond acceptors (Lipinski definition) is 3. The maximum Gasteiger partial charge on any atom is 0.490 e. The highest BCUT2D eigenvalue weighted by molar-refractivity contribution is 9.10. The molecule has 1 N–H and O–H groups in total. The molecule has 0 aromatic carbocycles. The second-order valence-corrected chi connectivity index (χ2v) is 4.32. The Labute approximate surface area is 120 Å². The zero-order valence-corrected chi connectivity index (χ0v) is 11.5. The summed E-state index contributed by atoms with van der Waals surface area (Å²) in [6, 6.07) is 3.89. The van der Waals surface area contributed by atoms with E-state index >= 15 is 0 Å². The van der Waals surface area contributed by atoms with Crippen LogP contribution in [0.4, 0.5) is 13.2 Å². The van der Waals surface area contributed by atoms with Crippen LogP contribution in [0.3, 0.4) is 0 Å². The minimum absolute atomic E-state index is 0.751. The highest BCUT2D eigenvalue weighted by atomic mass is 79.9. The monoisotopic (exact) mass is 351 g/mol. The van der Waals surface area contributed by atoms with Crippen molar-refractivity contribution in [3.63, 3.8) is 0 Å². The van der Waals surface area contributed by atoms with Crippen molar-refractivity contribution in [2.75, 3.05) is 0 Å². The highest BCUT2D eigenvalue weighted by Gasteiger charge is 2.38. The molecule has 0 aliphatic carbocycles. The normalized spacial score (nSPS) is 10.6. The summed E-state index contributed by atoms with van der Waals surface area (Å²) < 4.78 is 34.7. The molecular formula is C11H9BrF3N3O2. The number of aromatic nitrogens is 3. The zero-order chi connectivity index (χ0) is 15.2. The lowest BCUT2D eigenvalue weighted by atomic mass is 10.3. The molecule has 0 saturated carbocycles. The standard InChI is InChI=1S/C9H8BrN3.C2HF3O2/c10-8-2-1-3-12-9(8)6-13-5-4-11-7-13;3-2(4,5)1(6)7/h1-5,7H,6H2;(H,6,7). The molecule has 2 aromatic heterocycles. The molecule has 0 bridgehead atoms. The maximum absolute atomic E-state index is 10.6. The van der Waals surface area contributed by atoms with Gasteiger partial charge in [0.05, 0.1) is 18.6 Å². The molecule has 0 unspecified atom stereocenters. The van der Waals surface area contributed by atoms with Crippen molar-refractivity contribution < 1.29 is 23.1 Å². The van der Waals surface area contributed by atoms with Gasteiger partial charge < -0.3 is 9.67 Å². The third-order valence-corrected chi connectivity index (χ3v) is 2.69. The number of carboxylic acids is 1. The smallest absolute Gasteiger partial charge is 0.475 e. The van der Waals surface area contributed by atoms with Crippen molar-refractivity contribution in [3.8, 4) is 0 Å². The minimum atomic E-state index is -5.08. The van der Waals surface area contributed by atoms with Crippen LogP contribution in [0.2, 0.25) is 0 Å². The van der Waals surface area contributed by atoms with E-state index in [0.717, 1.165) is 16.7 Å². The molecule has 20 heavy (non-hydrogen) atoms. The maximum atomic E-state index is 10.6. The van der Waals surface area contributed by atoms with Crippen molar-refractivity contribution in [1.82, 2.24) is 14.5 Å². The number of halogens is 4. The Morgan fingerprint density at radius 1 is 1.40 bits per heavy atom. The number of pyridine rings is 1. The Hall–Kier alpha value is -1.90. The Kier molecular flexibility index (Phi) is 5.68. The number of alkyl halides is 3.